The van der Waals surface area contributed by atoms with Crippen LogP contribution in [0.5, 0.6) is 11.5 Å². The van der Waals surface area contributed by atoms with E-state index in [1.807, 2.05) is 61.7 Å². The van der Waals surface area contributed by atoms with Crippen LogP contribution in [0, 0.1) is 20.0 Å². The number of nitrogens with zero attached hydrogens (tertiary/aromatic N) is 4. The lowest BCUT2D eigenvalue weighted by Gasteiger charge is -2.42. The molecule has 1 aliphatic carbocycles. The Morgan fingerprint density at radius 1 is 0.554 bits per heavy atom. The molecule has 5 nitrogen and oxygen atoms in total. The first-order valence-electron chi connectivity index (χ1n) is 51.1. The van der Waals surface area contributed by atoms with E-state index >= 15 is 0 Å². The summed E-state index contributed by atoms with van der Waals surface area (Å²) in [5.74, 6) is 0.535. The molecule has 92 heavy (non-hydrogen) atoms. The standard InChI is InChI=1S/C86H76N4OSi/c1-58-26-24-27-59(2)82(58)62-41-45-77-79(52-62)88(65-30-25-31-66(55-65)91-67-42-43-72-71-38-22-23-39-76(71)90(78(72)56-67)81-54-64(46-49-87-81)84(3,4)5)57-89(77)83-73(61-40-44-74-75(51-61)86(8,9)48-47-85(74,6)7)50-63(60-28-14-10-15-29-60)53-80(83)92(68-32-16-11-17-33-68,69-34-18-12-19-35-69)70-36-20-13-21-37-70/h10-46,49-56H,47-48H2,1-9H3/i1D3,2D3,6D3,7D3,8D3,9D3,10D,11D,12D,13D,14D,15D,16D,17D,18D,19D,20D,21D,28D,29D,32D,33D,34D,35D,36D,37D,40D,44D,47D2,48D2,51D. The van der Waals surface area contributed by atoms with Crippen molar-refractivity contribution in [3.05, 3.63) is 307 Å². The number of pyridine rings is 1. The van der Waals surface area contributed by atoms with Crippen LogP contribution >= 0.6 is 0 Å². The van der Waals surface area contributed by atoms with Gasteiger partial charge in [-0.1, -0.05) is 248 Å². The molecule has 0 saturated carbocycles. The van der Waals surface area contributed by atoms with Crippen molar-refractivity contribution in [1.82, 2.24) is 14.1 Å². The van der Waals surface area contributed by atoms with Gasteiger partial charge < -0.3 is 4.74 Å². The third-order valence-corrected chi connectivity index (χ3v) is 20.4. The highest BCUT2D eigenvalue weighted by Crippen LogP contribution is 2.48. The zero-order chi connectivity index (χ0) is 102. The van der Waals surface area contributed by atoms with Gasteiger partial charge in [-0.2, -0.15) is 0 Å². The number of ether oxygens (including phenoxy) is 1. The largest absolute Gasteiger partial charge is 0.458 e. The highest BCUT2D eigenvalue weighted by atomic mass is 28.3. The molecule has 0 radical (unpaired) electrons. The van der Waals surface area contributed by atoms with Crippen LogP contribution in [0.25, 0.3) is 83.4 Å². The molecular weight excluding hydrogens is 1130 g/mol. The second-order valence-corrected chi connectivity index (χ2v) is 26.4. The first-order chi connectivity index (χ1) is 63.1. The summed E-state index contributed by atoms with van der Waals surface area (Å²) in [5.41, 5.74) is -22.2. The summed E-state index contributed by atoms with van der Waals surface area (Å²) in [7, 11) is -7.29. The number of hydrogen-bond acceptors (Lipinski definition) is 2. The zero-order valence-electron chi connectivity index (χ0n) is 93.9. The molecule has 0 atom stereocenters. The van der Waals surface area contributed by atoms with Gasteiger partial charge in [0.15, 0.2) is 8.07 Å². The third-order valence-electron chi connectivity index (χ3n) is 16.2. The average Bonchev–Trinajstić information content (AvgIpc) is 0.700. The maximum absolute atomic E-state index is 11.1. The summed E-state index contributed by atoms with van der Waals surface area (Å²) in [6.45, 7) is -19.5. The second kappa shape index (κ2) is 22.7. The number of imidazole rings is 1. The van der Waals surface area contributed by atoms with Crippen molar-refractivity contribution in [2.24, 2.45) is 0 Å². The molecule has 1 aliphatic rings. The smallest absolute Gasteiger partial charge is 0.269 e. The molecule has 0 aliphatic heterocycles. The lowest BCUT2D eigenvalue weighted by Crippen LogP contribution is -2.76. The van der Waals surface area contributed by atoms with Crippen LogP contribution in [0.2, 0.25) is 0 Å². The summed E-state index contributed by atoms with van der Waals surface area (Å²) in [4.78, 5) is 4.80. The number of hydrogen-bond donors (Lipinski definition) is 0. The van der Waals surface area contributed by atoms with Gasteiger partial charge in [0.1, 0.15) is 17.3 Å². The maximum atomic E-state index is 11.1. The number of rotatable bonds is 12. The predicted octanol–water partition coefficient (Wildman–Crippen LogP) is 18.6. The zero-order valence-corrected chi connectivity index (χ0v) is 49.9. The number of fused-ring (bicyclic) bond motifs is 5. The SMILES string of the molecule is [2H]c1c([2H])c([2H])c(-c2cc(-c3c([2H])c([2H])c4c(c3[2H])C(C([2H])([2H])[2H])(C([2H])([2H])[2H])C([2H])([2H])C([2H])([2H])C4(C([2H])([2H])[2H])C([2H])([2H])[2H])c(-[n+]3[c-]n(-c4cccc(Oc5ccc6c7ccccc7n(-c7cc(C(C)(C)C)ccn7)c6c5)c4)c4cc(-c5c(C([2H])([2H])[2H])cccc5C([2H])([2H])[2H])ccc43)c([Si](c3c([2H])c([2H])c([2H])c([2H])c3[2H])(c3c([2H])c([2H])c([2H])c([2H])c3[2H])c3c([2H])c([2H])c([2H])c([2H])c3[2H])c2)c([2H])c1[2H]. The predicted molar refractivity (Wildman–Crippen MR) is 386 cm³/mol. The van der Waals surface area contributed by atoms with E-state index in [2.05, 4.69) is 6.33 Å². The molecule has 450 valence electrons. The third kappa shape index (κ3) is 10.00. The van der Waals surface area contributed by atoms with Crippen LogP contribution in [0.3, 0.4) is 0 Å². The van der Waals surface area contributed by atoms with Crippen LogP contribution < -0.4 is 30.1 Å². The van der Waals surface area contributed by atoms with E-state index < -0.39 is 299 Å². The van der Waals surface area contributed by atoms with Gasteiger partial charge in [0.2, 0.25) is 0 Å². The molecule has 14 aromatic rings. The summed E-state index contributed by atoms with van der Waals surface area (Å²) in [6.07, 6.45) is -5.35. The van der Waals surface area contributed by atoms with Gasteiger partial charge in [-0.15, -0.1) is 0 Å². The Balaban J connectivity index is 1.27. The quantitative estimate of drug-likeness (QED) is 0.0529. The first-order valence-corrected chi connectivity index (χ1v) is 30.6. The van der Waals surface area contributed by atoms with E-state index in [4.69, 9.17) is 19.3 Å². The first kappa shape index (κ1) is 27.0. The minimum absolute atomic E-state index is 0.0942. The van der Waals surface area contributed by atoms with E-state index in [0.717, 1.165) is 67.4 Å². The van der Waals surface area contributed by atoms with E-state index in [9.17, 15) is 52.1 Å². The molecule has 0 fully saturated rings. The Morgan fingerprint density at radius 3 is 1.87 bits per heavy atom. The molecule has 0 unspecified atom stereocenters. The number of aryl methyl sites for hydroxylation is 2. The van der Waals surface area contributed by atoms with E-state index in [0.29, 0.717) is 23.5 Å². The lowest BCUT2D eigenvalue weighted by molar-refractivity contribution is -0.570. The molecule has 0 N–H and O–H groups in total. The fraction of sp³-hybridized carbons (Fsp3) is 0.163. The summed E-state index contributed by atoms with van der Waals surface area (Å²) in [5, 5.41) is -4.05. The molecule has 11 aromatic carbocycles. The molecule has 3 heterocycles. The highest BCUT2D eigenvalue weighted by molar-refractivity contribution is 7.20. The molecule has 0 amide bonds. The van der Waals surface area contributed by atoms with Gasteiger partial charge in [0.25, 0.3) is 6.33 Å². The molecule has 0 bridgehead atoms. The minimum atomic E-state index is -7.29. The minimum Gasteiger partial charge on any atom is -0.458 e. The fourth-order valence-corrected chi connectivity index (χ4v) is 16.0. The van der Waals surface area contributed by atoms with Crippen molar-refractivity contribution in [2.75, 3.05) is 0 Å². The molecule has 6 heteroatoms. The van der Waals surface area contributed by atoms with Crippen LogP contribution in [-0.4, -0.2) is 22.2 Å². The van der Waals surface area contributed by atoms with E-state index in [1.54, 1.807) is 24.4 Å². The molecule has 0 spiro atoms. The fourth-order valence-electron chi connectivity index (χ4n) is 12.0. The molecule has 0 saturated heterocycles. The number of aromatic nitrogens is 4. The topological polar surface area (TPSA) is 35.9 Å². The van der Waals surface area contributed by atoms with Crippen molar-refractivity contribution in [3.8, 4) is 62.1 Å². The Kier molecular flexibility index (Phi) is 6.64. The van der Waals surface area contributed by atoms with Gasteiger partial charge in [0.05, 0.1) is 65.0 Å². The average molecular weight is 1250 g/mol. The highest BCUT2D eigenvalue weighted by Gasteiger charge is 2.45. The van der Waals surface area contributed by atoms with Crippen molar-refractivity contribution < 1.29 is 71.0 Å². The van der Waals surface area contributed by atoms with Gasteiger partial charge >= 0.3 is 0 Å². The van der Waals surface area contributed by atoms with Crippen LogP contribution in [-0.2, 0) is 16.2 Å². The van der Waals surface area contributed by atoms with Crippen molar-refractivity contribution in [3.63, 3.8) is 0 Å². The van der Waals surface area contributed by atoms with Crippen LogP contribution in [0.15, 0.2) is 273 Å². The van der Waals surface area contributed by atoms with Gasteiger partial charge in [-0.05, 0) is 185 Å². The van der Waals surface area contributed by atoms with Crippen LogP contribution in [0.1, 0.15) is 150 Å². The molecule has 3 aromatic heterocycles. The lowest BCUT2D eigenvalue weighted by atomic mass is 9.63. The maximum Gasteiger partial charge on any atom is 0.269 e. The van der Waals surface area contributed by atoms with Crippen molar-refractivity contribution in [1.29, 1.82) is 0 Å². The molecular formula is C86H76N4OSi. The Hall–Kier alpha value is -10.1. The van der Waals surface area contributed by atoms with Crippen molar-refractivity contribution >= 4 is 61.7 Å². The van der Waals surface area contributed by atoms with Gasteiger partial charge in [-0.25, -0.2) is 4.98 Å². The van der Waals surface area contributed by atoms with E-state index in [-0.39, 0.29) is 28.2 Å². The number of benzene rings is 11. The van der Waals surface area contributed by atoms with Crippen LogP contribution in [0.4, 0.5) is 0 Å². The van der Waals surface area contributed by atoms with Crippen molar-refractivity contribution in [2.45, 2.75) is 90.9 Å². The Labute approximate surface area is 605 Å². The van der Waals surface area contributed by atoms with Gasteiger partial charge in [-0.3, -0.25) is 13.7 Å². The summed E-state index contributed by atoms with van der Waals surface area (Å²) < 4.78 is 444. The summed E-state index contributed by atoms with van der Waals surface area (Å²) >= 11 is 0. The Bertz CT molecular complexity index is 7170. The monoisotopic (exact) mass is 1250 g/mol. The second-order valence-electron chi connectivity index (χ2n) is 22.9. The number of para-hydroxylation sites is 1. The summed E-state index contributed by atoms with van der Waals surface area (Å²) in [6, 6.07) is -4.47. The van der Waals surface area contributed by atoms with E-state index in [1.165, 1.54) is 24.3 Å². The Morgan fingerprint density at radius 2 is 1.20 bits per heavy atom. The normalized spacial score (nSPS) is 22.8. The van der Waals surface area contributed by atoms with Gasteiger partial charge in [0, 0.05) is 53.2 Å². The molecule has 15 rings (SSSR count).